The van der Waals surface area contributed by atoms with Gasteiger partial charge >= 0.3 is 0 Å². The van der Waals surface area contributed by atoms with Gasteiger partial charge < -0.3 is 4.43 Å². The van der Waals surface area contributed by atoms with Crippen LogP contribution in [0.15, 0.2) is 0 Å². The van der Waals surface area contributed by atoms with E-state index in [2.05, 4.69) is 41.5 Å². The van der Waals surface area contributed by atoms with Crippen LogP contribution in [0.25, 0.3) is 0 Å². The predicted molar refractivity (Wildman–Crippen MR) is 67.1 cm³/mol. The van der Waals surface area contributed by atoms with Gasteiger partial charge in [-0.15, -0.1) is 0 Å². The predicted octanol–water partition coefficient (Wildman–Crippen LogP) is 3.59. The molecule has 0 aromatic heterocycles. The first-order valence-corrected chi connectivity index (χ1v) is 7.93. The molecule has 0 bridgehead atoms. The molecule has 4 heteroatoms. The van der Waals surface area contributed by atoms with Gasteiger partial charge in [0.05, 0.1) is 0 Å². The zero-order valence-electron chi connectivity index (χ0n) is 11.1. The zero-order chi connectivity index (χ0) is 12.9. The Morgan fingerprint density at radius 3 is 1.31 bits per heavy atom. The highest BCUT2D eigenvalue weighted by molar-refractivity contribution is 6.77. The van der Waals surface area contributed by atoms with Crippen molar-refractivity contribution < 1.29 is 4.43 Å². The van der Waals surface area contributed by atoms with Gasteiger partial charge in [0, 0.05) is 0 Å². The van der Waals surface area contributed by atoms with Gasteiger partial charge in [-0.25, -0.2) is 0 Å². The van der Waals surface area contributed by atoms with Crippen molar-refractivity contribution in [2.75, 3.05) is 0 Å². The van der Waals surface area contributed by atoms with Crippen LogP contribution in [-0.2, 0) is 4.43 Å². The minimum absolute atomic E-state index is 0.400. The van der Waals surface area contributed by atoms with Gasteiger partial charge in [-0.1, -0.05) is 41.5 Å². The lowest BCUT2D eigenvalue weighted by atomic mass is 10.5. The Morgan fingerprint density at radius 1 is 0.812 bits per heavy atom. The van der Waals surface area contributed by atoms with Gasteiger partial charge in [-0.2, -0.15) is 10.5 Å². The molecule has 0 amide bonds. The van der Waals surface area contributed by atoms with E-state index in [0.29, 0.717) is 16.6 Å². The summed E-state index contributed by atoms with van der Waals surface area (Å²) in [6.07, 6.45) is -0.918. The minimum Gasteiger partial charge on any atom is -0.390 e. The van der Waals surface area contributed by atoms with Crippen LogP contribution in [-0.4, -0.2) is 14.4 Å². The van der Waals surface area contributed by atoms with E-state index in [4.69, 9.17) is 14.9 Å². The van der Waals surface area contributed by atoms with Crippen molar-refractivity contribution in [2.24, 2.45) is 0 Å². The molecule has 0 aromatic carbocycles. The minimum atomic E-state index is -2.08. The lowest BCUT2D eigenvalue weighted by molar-refractivity contribution is 0.268. The van der Waals surface area contributed by atoms with Gasteiger partial charge in [0.1, 0.15) is 12.1 Å². The first-order valence-electron chi connectivity index (χ1n) is 5.79. The van der Waals surface area contributed by atoms with Gasteiger partial charge in [0.15, 0.2) is 0 Å². The molecule has 0 saturated carbocycles. The molecule has 0 N–H and O–H groups in total. The topological polar surface area (TPSA) is 56.8 Å². The summed E-state index contributed by atoms with van der Waals surface area (Å²) in [7, 11) is -2.08. The summed E-state index contributed by atoms with van der Waals surface area (Å²) in [6, 6.07) is 3.85. The second-order valence-electron chi connectivity index (χ2n) is 5.07. The van der Waals surface area contributed by atoms with E-state index in [1.807, 2.05) is 12.1 Å². The monoisotopic (exact) mass is 238 g/mol. The number of nitrogens with zero attached hydrogens (tertiary/aromatic N) is 2. The highest BCUT2D eigenvalue weighted by Gasteiger charge is 2.46. The van der Waals surface area contributed by atoms with Crippen LogP contribution in [0.4, 0.5) is 0 Å². The van der Waals surface area contributed by atoms with E-state index in [1.165, 1.54) is 0 Å². The van der Waals surface area contributed by atoms with Crippen LogP contribution >= 0.6 is 0 Å². The van der Waals surface area contributed by atoms with Crippen LogP contribution in [0.3, 0.4) is 0 Å². The second-order valence-corrected chi connectivity index (χ2v) is 10.5. The van der Waals surface area contributed by atoms with Crippen molar-refractivity contribution in [3.05, 3.63) is 0 Å². The van der Waals surface area contributed by atoms with Gasteiger partial charge in [-0.3, -0.25) is 0 Å². The van der Waals surface area contributed by atoms with Gasteiger partial charge in [-0.05, 0) is 16.6 Å². The normalized spacial score (nSPS) is 12.2. The molecule has 0 fully saturated rings. The van der Waals surface area contributed by atoms with Crippen LogP contribution in [0.2, 0.25) is 16.6 Å². The first kappa shape index (κ1) is 15.2. The van der Waals surface area contributed by atoms with Crippen molar-refractivity contribution in [3.63, 3.8) is 0 Å². The molecule has 3 nitrogen and oxygen atoms in total. The molecule has 0 aromatic rings. The molecule has 90 valence electrons. The van der Waals surface area contributed by atoms with E-state index in [9.17, 15) is 0 Å². The van der Waals surface area contributed by atoms with Crippen LogP contribution in [0, 0.1) is 22.7 Å². The highest BCUT2D eigenvalue weighted by atomic mass is 28.4. The summed E-state index contributed by atoms with van der Waals surface area (Å²) in [5.41, 5.74) is 1.20. The fourth-order valence-electron chi connectivity index (χ4n) is 2.69. The fraction of sp³-hybridized carbons (Fsp3) is 0.833. The third kappa shape index (κ3) is 2.84. The van der Waals surface area contributed by atoms with Gasteiger partial charge in [0.2, 0.25) is 14.4 Å². The molecule has 0 aliphatic rings. The lowest BCUT2D eigenvalue weighted by Crippen LogP contribution is -2.49. The lowest BCUT2D eigenvalue weighted by Gasteiger charge is -2.42. The largest absolute Gasteiger partial charge is 0.390 e. The van der Waals surface area contributed by atoms with Crippen molar-refractivity contribution in [3.8, 4) is 12.1 Å². The summed E-state index contributed by atoms with van der Waals surface area (Å²) in [5, 5.41) is 17.7. The molecule has 0 atom stereocenters. The summed E-state index contributed by atoms with van der Waals surface area (Å²) in [4.78, 5) is 0. The Hall–Kier alpha value is -0.843. The smallest absolute Gasteiger partial charge is 0.221 e. The average molecular weight is 238 g/mol. The molecule has 0 aliphatic carbocycles. The second kappa shape index (κ2) is 6.03. The maximum absolute atomic E-state index is 8.86. The maximum atomic E-state index is 8.86. The standard InChI is InChI=1S/C12H22N2OSi/c1-9(2)16(10(3)4,11(5)6)15-12(7-13)8-14/h9-12H,1-6H3. The summed E-state index contributed by atoms with van der Waals surface area (Å²) >= 11 is 0. The third-order valence-corrected chi connectivity index (χ3v) is 9.32. The Kier molecular flexibility index (Phi) is 5.71. The van der Waals surface area contributed by atoms with E-state index in [1.54, 1.807) is 0 Å². The van der Waals surface area contributed by atoms with Crippen molar-refractivity contribution in [1.82, 2.24) is 0 Å². The number of hydrogen-bond acceptors (Lipinski definition) is 3. The Balaban J connectivity index is 5.24. The van der Waals surface area contributed by atoms with E-state index in [-0.39, 0.29) is 0 Å². The van der Waals surface area contributed by atoms with Crippen molar-refractivity contribution in [1.29, 1.82) is 10.5 Å². The average Bonchev–Trinajstić information content (AvgIpc) is 2.18. The quantitative estimate of drug-likeness (QED) is 0.688. The Bertz CT molecular complexity index is 263. The molecular formula is C12H22N2OSi. The fourth-order valence-corrected chi connectivity index (χ4v) is 8.02. The summed E-state index contributed by atoms with van der Waals surface area (Å²) in [6.45, 7) is 12.8. The SMILES string of the molecule is CC(C)[Si](OC(C#N)C#N)(C(C)C)C(C)C. The third-order valence-electron chi connectivity index (χ3n) is 3.26. The molecule has 0 rings (SSSR count). The highest BCUT2D eigenvalue weighted by Crippen LogP contribution is 2.42. The molecule has 0 radical (unpaired) electrons. The molecule has 0 heterocycles. The molecule has 0 spiro atoms. The Labute approximate surface area is 100 Å². The van der Waals surface area contributed by atoms with Crippen LogP contribution < -0.4 is 0 Å². The van der Waals surface area contributed by atoms with Gasteiger partial charge in [0.25, 0.3) is 0 Å². The number of nitriles is 2. The summed E-state index contributed by atoms with van der Waals surface area (Å²) in [5.74, 6) is 0. The Morgan fingerprint density at radius 2 is 1.12 bits per heavy atom. The molecular weight excluding hydrogens is 216 g/mol. The van der Waals surface area contributed by atoms with Crippen molar-refractivity contribution >= 4 is 8.32 Å². The van der Waals surface area contributed by atoms with E-state index >= 15 is 0 Å². The maximum Gasteiger partial charge on any atom is 0.221 e. The van der Waals surface area contributed by atoms with Crippen LogP contribution in [0.5, 0.6) is 0 Å². The molecule has 0 saturated heterocycles. The van der Waals surface area contributed by atoms with E-state index < -0.39 is 14.4 Å². The van der Waals surface area contributed by atoms with E-state index in [0.717, 1.165) is 0 Å². The molecule has 16 heavy (non-hydrogen) atoms. The zero-order valence-corrected chi connectivity index (χ0v) is 12.1. The number of rotatable bonds is 5. The van der Waals surface area contributed by atoms with Crippen molar-refractivity contribution in [2.45, 2.75) is 64.3 Å². The number of hydrogen-bond donors (Lipinski definition) is 0. The molecule has 0 aliphatic heterocycles. The first-order chi connectivity index (χ1) is 7.32. The summed E-state index contributed by atoms with van der Waals surface area (Å²) < 4.78 is 5.94. The van der Waals surface area contributed by atoms with Crippen LogP contribution in [0.1, 0.15) is 41.5 Å². The molecule has 0 unspecified atom stereocenters.